The summed E-state index contributed by atoms with van der Waals surface area (Å²) in [7, 11) is 2.05. The van der Waals surface area contributed by atoms with E-state index < -0.39 is 0 Å². The number of hydrogen-bond donors (Lipinski definition) is 1. The van der Waals surface area contributed by atoms with Gasteiger partial charge in [0.25, 0.3) is 0 Å². The number of benzene rings is 1. The third kappa shape index (κ3) is 2.60. The fourth-order valence-electron chi connectivity index (χ4n) is 2.36. The number of furan rings is 1. The van der Waals surface area contributed by atoms with E-state index in [1.54, 1.807) is 11.3 Å². The van der Waals surface area contributed by atoms with Crippen molar-refractivity contribution in [3.63, 3.8) is 0 Å². The summed E-state index contributed by atoms with van der Waals surface area (Å²) in [5.41, 5.74) is 9.75. The summed E-state index contributed by atoms with van der Waals surface area (Å²) in [6, 6.07) is 10.2. The minimum absolute atomic E-state index is 0.0594. The predicted molar refractivity (Wildman–Crippen MR) is 81.6 cm³/mol. The van der Waals surface area contributed by atoms with Gasteiger partial charge in [0.2, 0.25) is 0 Å². The van der Waals surface area contributed by atoms with Gasteiger partial charge < -0.3 is 10.2 Å². The lowest BCUT2D eigenvalue weighted by molar-refractivity contribution is 0.214. The molecule has 2 aromatic heterocycles. The van der Waals surface area contributed by atoms with Crippen LogP contribution in [0.2, 0.25) is 0 Å². The highest BCUT2D eigenvalue weighted by molar-refractivity contribution is 7.07. The fourth-order valence-corrected chi connectivity index (χ4v) is 2.91. The Balaban J connectivity index is 1.84. The molecule has 0 bridgehead atoms. The number of para-hydroxylation sites is 1. The molecule has 0 saturated carbocycles. The first-order valence-electron chi connectivity index (χ1n) is 6.54. The molecule has 0 aliphatic rings. The number of nitrogens with two attached hydrogens (primary N) is 1. The molecule has 1 atom stereocenters. The van der Waals surface area contributed by atoms with Gasteiger partial charge in [-0.25, -0.2) is 4.98 Å². The van der Waals surface area contributed by atoms with E-state index in [-0.39, 0.29) is 6.04 Å². The van der Waals surface area contributed by atoms with Crippen LogP contribution < -0.4 is 5.73 Å². The van der Waals surface area contributed by atoms with Crippen LogP contribution in [0.4, 0.5) is 0 Å². The summed E-state index contributed by atoms with van der Waals surface area (Å²) in [5, 5.41) is 3.17. The third-order valence-electron chi connectivity index (χ3n) is 3.42. The normalized spacial score (nSPS) is 13.2. The van der Waals surface area contributed by atoms with Crippen molar-refractivity contribution in [1.29, 1.82) is 0 Å². The van der Waals surface area contributed by atoms with E-state index in [2.05, 4.69) is 27.4 Å². The van der Waals surface area contributed by atoms with Crippen LogP contribution in [0.1, 0.15) is 17.5 Å². The number of aromatic nitrogens is 1. The topological polar surface area (TPSA) is 55.3 Å². The molecule has 2 N–H and O–H groups in total. The minimum atomic E-state index is 0.0594. The average molecular weight is 287 g/mol. The SMILES string of the molecule is CN(Cc1cscn1)C(CN)c1cc2ccccc2o1. The van der Waals surface area contributed by atoms with E-state index in [0.29, 0.717) is 6.54 Å². The molecule has 2 heterocycles. The summed E-state index contributed by atoms with van der Waals surface area (Å²) < 4.78 is 5.92. The fraction of sp³-hybridized carbons (Fsp3) is 0.267. The first-order valence-corrected chi connectivity index (χ1v) is 7.48. The molecule has 0 aliphatic heterocycles. The third-order valence-corrected chi connectivity index (χ3v) is 4.06. The molecule has 4 nitrogen and oxygen atoms in total. The van der Waals surface area contributed by atoms with E-state index in [1.165, 1.54) is 0 Å². The highest BCUT2D eigenvalue weighted by Gasteiger charge is 2.20. The first kappa shape index (κ1) is 13.3. The van der Waals surface area contributed by atoms with Gasteiger partial charge in [-0.15, -0.1) is 11.3 Å². The highest BCUT2D eigenvalue weighted by atomic mass is 32.1. The maximum atomic E-state index is 5.94. The highest BCUT2D eigenvalue weighted by Crippen LogP contribution is 2.27. The minimum Gasteiger partial charge on any atom is -0.459 e. The molecule has 0 aliphatic carbocycles. The molecule has 3 rings (SSSR count). The smallest absolute Gasteiger partial charge is 0.134 e. The molecule has 0 fully saturated rings. The van der Waals surface area contributed by atoms with Gasteiger partial charge in [-0.05, 0) is 19.2 Å². The molecule has 5 heteroatoms. The van der Waals surface area contributed by atoms with E-state index in [9.17, 15) is 0 Å². The van der Waals surface area contributed by atoms with Crippen molar-refractivity contribution in [3.8, 4) is 0 Å². The summed E-state index contributed by atoms with van der Waals surface area (Å²) >= 11 is 1.61. The van der Waals surface area contributed by atoms with Crippen molar-refractivity contribution in [2.75, 3.05) is 13.6 Å². The van der Waals surface area contributed by atoms with E-state index in [0.717, 1.165) is 29.0 Å². The Labute approximate surface area is 121 Å². The lowest BCUT2D eigenvalue weighted by atomic mass is 10.1. The molecule has 0 saturated heterocycles. The van der Waals surface area contributed by atoms with Gasteiger partial charge in [0.15, 0.2) is 0 Å². The van der Waals surface area contributed by atoms with Gasteiger partial charge in [-0.1, -0.05) is 18.2 Å². The number of fused-ring (bicyclic) bond motifs is 1. The zero-order valence-corrected chi connectivity index (χ0v) is 12.1. The molecule has 1 aromatic carbocycles. The lowest BCUT2D eigenvalue weighted by Crippen LogP contribution is -2.29. The Kier molecular flexibility index (Phi) is 3.82. The molecule has 104 valence electrons. The maximum Gasteiger partial charge on any atom is 0.134 e. The van der Waals surface area contributed by atoms with E-state index in [1.807, 2.05) is 30.8 Å². The number of thiazole rings is 1. The van der Waals surface area contributed by atoms with Crippen LogP contribution in [-0.2, 0) is 6.54 Å². The zero-order chi connectivity index (χ0) is 13.9. The molecule has 1 unspecified atom stereocenters. The molecular weight excluding hydrogens is 270 g/mol. The number of hydrogen-bond acceptors (Lipinski definition) is 5. The van der Waals surface area contributed by atoms with Crippen molar-refractivity contribution >= 4 is 22.3 Å². The number of rotatable bonds is 5. The summed E-state index contributed by atoms with van der Waals surface area (Å²) in [4.78, 5) is 6.49. The van der Waals surface area contributed by atoms with Gasteiger partial charge >= 0.3 is 0 Å². The molecule has 0 amide bonds. The van der Waals surface area contributed by atoms with Crippen molar-refractivity contribution in [2.24, 2.45) is 5.73 Å². The molecular formula is C15H17N3OS. The lowest BCUT2D eigenvalue weighted by Gasteiger charge is -2.24. The second-order valence-electron chi connectivity index (χ2n) is 4.83. The Morgan fingerprint density at radius 3 is 2.95 bits per heavy atom. The van der Waals surface area contributed by atoms with Gasteiger partial charge in [-0.3, -0.25) is 4.90 Å². The van der Waals surface area contributed by atoms with Crippen LogP contribution in [-0.4, -0.2) is 23.5 Å². The molecule has 0 radical (unpaired) electrons. The predicted octanol–water partition coefficient (Wildman–Crippen LogP) is 3.02. The summed E-state index contributed by atoms with van der Waals surface area (Å²) in [6.07, 6.45) is 0. The van der Waals surface area contributed by atoms with Crippen LogP contribution in [0, 0.1) is 0 Å². The van der Waals surface area contributed by atoms with Crippen LogP contribution in [0.3, 0.4) is 0 Å². The average Bonchev–Trinajstić information content (AvgIpc) is 3.08. The Hall–Kier alpha value is -1.69. The quantitative estimate of drug-likeness (QED) is 0.783. The van der Waals surface area contributed by atoms with Crippen molar-refractivity contribution in [1.82, 2.24) is 9.88 Å². The Bertz CT molecular complexity index is 644. The van der Waals surface area contributed by atoms with Crippen molar-refractivity contribution in [2.45, 2.75) is 12.6 Å². The van der Waals surface area contributed by atoms with Crippen LogP contribution in [0.5, 0.6) is 0 Å². The monoisotopic (exact) mass is 287 g/mol. The zero-order valence-electron chi connectivity index (χ0n) is 11.3. The van der Waals surface area contributed by atoms with Crippen LogP contribution in [0.25, 0.3) is 11.0 Å². The first-order chi connectivity index (χ1) is 9.78. The van der Waals surface area contributed by atoms with Gasteiger partial charge in [-0.2, -0.15) is 0 Å². The molecule has 0 spiro atoms. The van der Waals surface area contributed by atoms with Crippen LogP contribution >= 0.6 is 11.3 Å². The van der Waals surface area contributed by atoms with E-state index >= 15 is 0 Å². The second kappa shape index (κ2) is 5.75. The van der Waals surface area contributed by atoms with Crippen molar-refractivity contribution < 1.29 is 4.42 Å². The van der Waals surface area contributed by atoms with Gasteiger partial charge in [0, 0.05) is 23.9 Å². The number of nitrogens with zero attached hydrogens (tertiary/aromatic N) is 2. The maximum absolute atomic E-state index is 5.94. The van der Waals surface area contributed by atoms with Crippen molar-refractivity contribution in [3.05, 3.63) is 52.7 Å². The van der Waals surface area contributed by atoms with E-state index in [4.69, 9.17) is 10.2 Å². The Morgan fingerprint density at radius 2 is 2.25 bits per heavy atom. The second-order valence-corrected chi connectivity index (χ2v) is 5.55. The van der Waals surface area contributed by atoms with Crippen LogP contribution in [0.15, 0.2) is 45.6 Å². The summed E-state index contributed by atoms with van der Waals surface area (Å²) in [6.45, 7) is 1.28. The Morgan fingerprint density at radius 1 is 1.40 bits per heavy atom. The summed E-state index contributed by atoms with van der Waals surface area (Å²) in [5.74, 6) is 0.909. The van der Waals surface area contributed by atoms with Gasteiger partial charge in [0.05, 0.1) is 17.2 Å². The molecule has 20 heavy (non-hydrogen) atoms. The largest absolute Gasteiger partial charge is 0.459 e. The standard InChI is InChI=1S/C15H17N3OS/c1-18(8-12-9-20-10-17-12)13(7-16)15-6-11-4-2-3-5-14(11)19-15/h2-6,9-10,13H,7-8,16H2,1H3. The molecule has 3 aromatic rings. The van der Waals surface area contributed by atoms with Gasteiger partial charge in [0.1, 0.15) is 11.3 Å². The number of likely N-dealkylation sites (N-methyl/N-ethyl adjacent to an activating group) is 1.